The first-order valence-corrected chi connectivity index (χ1v) is 7.04. The predicted molar refractivity (Wildman–Crippen MR) is 72.2 cm³/mol. The normalized spacial score (nSPS) is 10.8. The monoisotopic (exact) mass is 288 g/mol. The standard InChI is InChI=1S/C11H10ClFN2S2/c1-6-10(17-11(14)15-6)16-5-7-4-8(13)2-3-9(7)12/h2-4H,5H2,1H3,(H2,14,15). The molecule has 0 saturated carbocycles. The molecular formula is C11H10ClFN2S2. The fraction of sp³-hybridized carbons (Fsp3) is 0.182. The molecule has 0 fully saturated rings. The van der Waals surface area contributed by atoms with Gasteiger partial charge in [0, 0.05) is 10.8 Å². The van der Waals surface area contributed by atoms with Crippen LogP contribution >= 0.6 is 34.7 Å². The summed E-state index contributed by atoms with van der Waals surface area (Å²) in [5, 5.41) is 1.13. The van der Waals surface area contributed by atoms with Gasteiger partial charge >= 0.3 is 0 Å². The van der Waals surface area contributed by atoms with Crippen LogP contribution in [0.5, 0.6) is 0 Å². The Bertz CT molecular complexity index is 542. The molecule has 0 aliphatic carbocycles. The van der Waals surface area contributed by atoms with Crippen molar-refractivity contribution < 1.29 is 4.39 Å². The molecule has 2 aromatic rings. The van der Waals surface area contributed by atoms with Gasteiger partial charge < -0.3 is 5.73 Å². The molecule has 6 heteroatoms. The van der Waals surface area contributed by atoms with Crippen LogP contribution in [0.2, 0.25) is 5.02 Å². The largest absolute Gasteiger partial charge is 0.375 e. The van der Waals surface area contributed by atoms with Gasteiger partial charge in [0.2, 0.25) is 0 Å². The van der Waals surface area contributed by atoms with Crippen molar-refractivity contribution in [2.24, 2.45) is 0 Å². The lowest BCUT2D eigenvalue weighted by molar-refractivity contribution is 0.626. The highest BCUT2D eigenvalue weighted by molar-refractivity contribution is 8.00. The summed E-state index contributed by atoms with van der Waals surface area (Å²) < 4.78 is 14.1. The number of thiazole rings is 1. The fourth-order valence-corrected chi connectivity index (χ4v) is 3.61. The third-order valence-electron chi connectivity index (χ3n) is 2.14. The molecule has 17 heavy (non-hydrogen) atoms. The predicted octanol–water partition coefficient (Wildman–Crippen LogP) is 4.12. The topological polar surface area (TPSA) is 38.9 Å². The molecule has 2 nitrogen and oxygen atoms in total. The van der Waals surface area contributed by atoms with Crippen LogP contribution in [0.25, 0.3) is 0 Å². The Morgan fingerprint density at radius 1 is 1.53 bits per heavy atom. The van der Waals surface area contributed by atoms with Crippen LogP contribution in [0.15, 0.2) is 22.4 Å². The van der Waals surface area contributed by atoms with E-state index in [1.54, 1.807) is 17.8 Å². The smallest absolute Gasteiger partial charge is 0.181 e. The van der Waals surface area contributed by atoms with Gasteiger partial charge in [-0.3, -0.25) is 0 Å². The highest BCUT2D eigenvalue weighted by Gasteiger charge is 2.08. The van der Waals surface area contributed by atoms with Crippen LogP contribution in [0, 0.1) is 12.7 Å². The van der Waals surface area contributed by atoms with Crippen LogP contribution in [-0.2, 0) is 5.75 Å². The van der Waals surface area contributed by atoms with Gasteiger partial charge in [-0.2, -0.15) is 0 Å². The van der Waals surface area contributed by atoms with Crippen molar-refractivity contribution >= 4 is 39.8 Å². The second-order valence-corrected chi connectivity index (χ2v) is 6.13. The quantitative estimate of drug-likeness (QED) is 0.864. The van der Waals surface area contributed by atoms with E-state index >= 15 is 0 Å². The molecular weight excluding hydrogens is 279 g/mol. The Labute approximate surface area is 112 Å². The molecule has 0 saturated heterocycles. The molecule has 0 aliphatic rings. The lowest BCUT2D eigenvalue weighted by Gasteiger charge is -2.03. The molecule has 0 bridgehead atoms. The first-order valence-electron chi connectivity index (χ1n) is 4.86. The van der Waals surface area contributed by atoms with Crippen molar-refractivity contribution in [1.29, 1.82) is 0 Å². The molecule has 2 rings (SSSR count). The van der Waals surface area contributed by atoms with Crippen molar-refractivity contribution in [3.8, 4) is 0 Å². The van der Waals surface area contributed by atoms with Gasteiger partial charge in [-0.1, -0.05) is 22.9 Å². The van der Waals surface area contributed by atoms with Crippen LogP contribution < -0.4 is 5.73 Å². The third kappa shape index (κ3) is 3.12. The molecule has 1 aromatic heterocycles. The summed E-state index contributed by atoms with van der Waals surface area (Å²) in [6.07, 6.45) is 0. The Morgan fingerprint density at radius 3 is 2.94 bits per heavy atom. The minimum absolute atomic E-state index is 0.273. The summed E-state index contributed by atoms with van der Waals surface area (Å²) in [5.74, 6) is 0.338. The van der Waals surface area contributed by atoms with Crippen molar-refractivity contribution in [2.75, 3.05) is 5.73 Å². The van der Waals surface area contributed by atoms with E-state index in [4.69, 9.17) is 17.3 Å². The minimum atomic E-state index is -0.273. The molecule has 1 aromatic carbocycles. The van der Waals surface area contributed by atoms with E-state index in [0.29, 0.717) is 15.9 Å². The summed E-state index contributed by atoms with van der Waals surface area (Å²) in [5.41, 5.74) is 7.30. The minimum Gasteiger partial charge on any atom is -0.375 e. The molecule has 0 spiro atoms. The number of benzene rings is 1. The molecule has 0 atom stereocenters. The number of thioether (sulfide) groups is 1. The van der Waals surface area contributed by atoms with Crippen molar-refractivity contribution in [3.05, 3.63) is 40.3 Å². The number of anilines is 1. The number of halogens is 2. The number of nitrogens with two attached hydrogens (primary N) is 1. The molecule has 0 unspecified atom stereocenters. The average Bonchev–Trinajstić information content (AvgIpc) is 2.59. The zero-order chi connectivity index (χ0) is 12.4. The highest BCUT2D eigenvalue weighted by atomic mass is 35.5. The van der Waals surface area contributed by atoms with Gasteiger partial charge in [0.15, 0.2) is 5.13 Å². The molecule has 1 heterocycles. The summed E-state index contributed by atoms with van der Waals surface area (Å²) in [4.78, 5) is 4.13. The number of hydrogen-bond acceptors (Lipinski definition) is 4. The van der Waals surface area contributed by atoms with Crippen molar-refractivity contribution in [2.45, 2.75) is 16.9 Å². The molecule has 0 radical (unpaired) electrons. The number of hydrogen-bond donors (Lipinski definition) is 1. The van der Waals surface area contributed by atoms with Crippen molar-refractivity contribution in [1.82, 2.24) is 4.98 Å². The number of nitrogen functional groups attached to an aromatic ring is 1. The maximum Gasteiger partial charge on any atom is 0.181 e. The Hall–Kier alpha value is -0.780. The second kappa shape index (κ2) is 5.25. The van der Waals surface area contributed by atoms with Crippen LogP contribution in [0.1, 0.15) is 11.3 Å². The summed E-state index contributed by atoms with van der Waals surface area (Å²) in [6, 6.07) is 4.38. The third-order valence-corrected chi connectivity index (χ3v) is 4.90. The highest BCUT2D eigenvalue weighted by Crippen LogP contribution is 2.34. The zero-order valence-corrected chi connectivity index (χ0v) is 11.4. The molecule has 0 amide bonds. The first-order chi connectivity index (χ1) is 8.06. The molecule has 2 N–H and O–H groups in total. The SMILES string of the molecule is Cc1nc(N)sc1SCc1cc(F)ccc1Cl. The summed E-state index contributed by atoms with van der Waals surface area (Å²) in [7, 11) is 0. The van der Waals surface area contributed by atoms with E-state index in [1.807, 2.05) is 6.92 Å². The van der Waals surface area contributed by atoms with Crippen LogP contribution in [0.3, 0.4) is 0 Å². The van der Waals surface area contributed by atoms with Gasteiger partial charge in [0.25, 0.3) is 0 Å². The van der Waals surface area contributed by atoms with Gasteiger partial charge in [-0.05, 0) is 30.7 Å². The molecule has 90 valence electrons. The van der Waals surface area contributed by atoms with E-state index in [0.717, 1.165) is 15.5 Å². The second-order valence-electron chi connectivity index (χ2n) is 3.45. The van der Waals surface area contributed by atoms with E-state index in [9.17, 15) is 4.39 Å². The fourth-order valence-electron chi connectivity index (χ4n) is 1.33. The Kier molecular flexibility index (Phi) is 3.91. The van der Waals surface area contributed by atoms with E-state index in [1.165, 1.54) is 23.5 Å². The van der Waals surface area contributed by atoms with Gasteiger partial charge in [0.05, 0.1) is 9.90 Å². The Morgan fingerprint density at radius 2 is 2.29 bits per heavy atom. The van der Waals surface area contributed by atoms with Gasteiger partial charge in [-0.15, -0.1) is 11.8 Å². The number of nitrogens with zero attached hydrogens (tertiary/aromatic N) is 1. The van der Waals surface area contributed by atoms with E-state index in [-0.39, 0.29) is 5.82 Å². The zero-order valence-electron chi connectivity index (χ0n) is 9.04. The number of rotatable bonds is 3. The van der Waals surface area contributed by atoms with E-state index in [2.05, 4.69) is 4.98 Å². The van der Waals surface area contributed by atoms with Crippen LogP contribution in [-0.4, -0.2) is 4.98 Å². The average molecular weight is 289 g/mol. The lowest BCUT2D eigenvalue weighted by Crippen LogP contribution is -1.85. The van der Waals surface area contributed by atoms with E-state index < -0.39 is 0 Å². The number of aromatic nitrogens is 1. The number of aryl methyl sites for hydroxylation is 1. The lowest BCUT2D eigenvalue weighted by atomic mass is 10.2. The molecule has 0 aliphatic heterocycles. The maximum absolute atomic E-state index is 13.1. The van der Waals surface area contributed by atoms with Crippen molar-refractivity contribution in [3.63, 3.8) is 0 Å². The summed E-state index contributed by atoms with van der Waals surface area (Å²) in [6.45, 7) is 1.91. The van der Waals surface area contributed by atoms with Gasteiger partial charge in [-0.25, -0.2) is 9.37 Å². The first kappa shape index (κ1) is 12.7. The summed E-state index contributed by atoms with van der Waals surface area (Å²) >= 11 is 9.00. The van der Waals surface area contributed by atoms with Crippen LogP contribution in [0.4, 0.5) is 9.52 Å². The van der Waals surface area contributed by atoms with Gasteiger partial charge in [0.1, 0.15) is 5.82 Å². The maximum atomic E-state index is 13.1. The Balaban J connectivity index is 2.12.